The average Bonchev–Trinajstić information content (AvgIpc) is 2.76. The Bertz CT molecular complexity index is 1200. The maximum atomic E-state index is 14.9. The number of hydrogen-bond donors (Lipinski definition) is 2. The number of sulfone groups is 1. The van der Waals surface area contributed by atoms with Crippen LogP contribution in [0.2, 0.25) is 0 Å². The lowest BCUT2D eigenvalue weighted by molar-refractivity contribution is 0.179. The van der Waals surface area contributed by atoms with Gasteiger partial charge in [-0.05, 0) is 83.1 Å². The van der Waals surface area contributed by atoms with Crippen LogP contribution in [0.25, 0.3) is 0 Å². The Morgan fingerprint density at radius 2 is 0.707 bits per heavy atom. The molecule has 0 aromatic heterocycles. The Hall–Kier alpha value is -3.21. The van der Waals surface area contributed by atoms with Crippen LogP contribution in [-0.4, -0.2) is 55.3 Å². The predicted octanol–water partition coefficient (Wildman–Crippen LogP) is 6.65. The Balaban J connectivity index is 3.23. The molecule has 0 aliphatic heterocycles. The molecule has 0 saturated carbocycles. The summed E-state index contributed by atoms with van der Waals surface area (Å²) in [4.78, 5) is -0.784. The molecule has 2 rings (SSSR count). The topological polar surface area (TPSA) is 130 Å². The fraction of sp³-hybridized carbons (Fsp3) is 0.600. The van der Waals surface area contributed by atoms with Gasteiger partial charge in [0.25, 0.3) is 0 Å². The van der Waals surface area contributed by atoms with Crippen molar-refractivity contribution < 1.29 is 47.1 Å². The van der Waals surface area contributed by atoms with Gasteiger partial charge in [-0.15, -0.1) is 0 Å². The molecule has 0 amide bonds. The van der Waals surface area contributed by atoms with Gasteiger partial charge in [0.05, 0.1) is 36.6 Å². The minimum Gasteiger partial charge on any atom is -0.504 e. The second-order valence-electron chi connectivity index (χ2n) is 11.3. The van der Waals surface area contributed by atoms with Crippen LogP contribution in [0.4, 0.5) is 0 Å². The summed E-state index contributed by atoms with van der Waals surface area (Å²) >= 11 is 0. The van der Waals surface area contributed by atoms with E-state index in [0.29, 0.717) is 0 Å². The first-order valence-electron chi connectivity index (χ1n) is 13.9. The molecule has 2 aromatic carbocycles. The molecule has 0 spiro atoms. The van der Waals surface area contributed by atoms with Gasteiger partial charge in [-0.3, -0.25) is 0 Å². The van der Waals surface area contributed by atoms with Crippen molar-refractivity contribution in [3.63, 3.8) is 0 Å². The van der Waals surface area contributed by atoms with Crippen molar-refractivity contribution in [3.8, 4) is 46.0 Å². The molecule has 0 saturated heterocycles. The Labute approximate surface area is 244 Å². The van der Waals surface area contributed by atoms with E-state index in [1.54, 1.807) is 83.1 Å². The summed E-state index contributed by atoms with van der Waals surface area (Å²) in [6.45, 7) is 20.7. The number of phenolic OH excluding ortho intramolecular Hbond substituents is 2. The minimum absolute atomic E-state index is 0.154. The lowest BCUT2D eigenvalue weighted by Crippen LogP contribution is -2.20. The van der Waals surface area contributed by atoms with Crippen molar-refractivity contribution in [3.05, 3.63) is 12.1 Å². The van der Waals surface area contributed by atoms with Crippen LogP contribution in [0.5, 0.6) is 46.0 Å². The van der Waals surface area contributed by atoms with Gasteiger partial charge in [-0.1, -0.05) is 0 Å². The Morgan fingerprint density at radius 3 is 0.951 bits per heavy atom. The second-order valence-corrected chi connectivity index (χ2v) is 13.1. The van der Waals surface area contributed by atoms with Crippen LogP contribution in [0, 0.1) is 0 Å². The van der Waals surface area contributed by atoms with Crippen LogP contribution in [0.1, 0.15) is 83.1 Å². The zero-order valence-electron chi connectivity index (χ0n) is 26.2. The quantitative estimate of drug-likeness (QED) is 0.244. The summed E-state index contributed by atoms with van der Waals surface area (Å²) in [5.41, 5.74) is 0. The SMILES string of the molecule is CC(C)Oc1cc(O)c(OC(C)C)c(OC(C)C)c1S(=O)(=O)c1c(OC(C)C)cc(O)c(OC(C)C)c1OC(C)C. The molecule has 0 aliphatic carbocycles. The van der Waals surface area contributed by atoms with Gasteiger partial charge in [-0.25, -0.2) is 8.42 Å². The maximum absolute atomic E-state index is 14.9. The monoisotopic (exact) mass is 598 g/mol. The third kappa shape index (κ3) is 8.40. The first-order valence-corrected chi connectivity index (χ1v) is 15.4. The molecule has 232 valence electrons. The van der Waals surface area contributed by atoms with Crippen LogP contribution < -0.4 is 28.4 Å². The van der Waals surface area contributed by atoms with E-state index in [-0.39, 0.29) is 46.0 Å². The predicted molar refractivity (Wildman–Crippen MR) is 156 cm³/mol. The van der Waals surface area contributed by atoms with E-state index in [1.165, 1.54) is 12.1 Å². The van der Waals surface area contributed by atoms with Crippen molar-refractivity contribution in [2.45, 2.75) is 129 Å². The molecule has 11 heteroatoms. The smallest absolute Gasteiger partial charge is 0.221 e. The molecule has 10 nitrogen and oxygen atoms in total. The van der Waals surface area contributed by atoms with Crippen LogP contribution >= 0.6 is 0 Å². The summed E-state index contributed by atoms with van der Waals surface area (Å²) in [7, 11) is -4.68. The van der Waals surface area contributed by atoms with Crippen molar-refractivity contribution >= 4 is 9.84 Å². The molecule has 2 N–H and O–H groups in total. The maximum Gasteiger partial charge on any atom is 0.221 e. The molecular formula is C30H46O10S. The zero-order valence-corrected chi connectivity index (χ0v) is 27.0. The molecule has 0 aliphatic rings. The third-order valence-electron chi connectivity index (χ3n) is 4.95. The average molecular weight is 599 g/mol. The Kier molecular flexibility index (Phi) is 11.3. The standard InChI is InChI=1S/C30H46O10S/c1-15(2)35-23-13-21(31)25(37-17(5)6)27(39-19(9)10)29(23)41(33,34)30-24(36-16(3)4)14-22(32)26(38-18(7)8)28(30)40-20(11)12/h13-20,31-32H,1-12H3. The zero-order chi connectivity index (χ0) is 31.4. The molecule has 0 atom stereocenters. The highest BCUT2D eigenvalue weighted by Crippen LogP contribution is 2.55. The summed E-state index contributed by atoms with van der Waals surface area (Å²) < 4.78 is 65.6. The van der Waals surface area contributed by atoms with Gasteiger partial charge in [0.15, 0.2) is 32.8 Å². The summed E-state index contributed by atoms with van der Waals surface area (Å²) in [6.07, 6.45) is -2.81. The fourth-order valence-electron chi connectivity index (χ4n) is 3.85. The molecule has 0 unspecified atom stereocenters. The largest absolute Gasteiger partial charge is 0.504 e. The number of hydrogen-bond acceptors (Lipinski definition) is 10. The number of rotatable bonds is 14. The highest BCUT2D eigenvalue weighted by atomic mass is 32.2. The second kappa shape index (κ2) is 13.6. The van der Waals surface area contributed by atoms with Crippen molar-refractivity contribution in [1.29, 1.82) is 0 Å². The van der Waals surface area contributed by atoms with Crippen molar-refractivity contribution in [2.24, 2.45) is 0 Å². The molecule has 0 fully saturated rings. The lowest BCUT2D eigenvalue weighted by Gasteiger charge is -2.27. The van der Waals surface area contributed by atoms with E-state index >= 15 is 0 Å². The molecule has 0 radical (unpaired) electrons. The first-order chi connectivity index (χ1) is 18.9. The van der Waals surface area contributed by atoms with Gasteiger partial charge in [0, 0.05) is 12.1 Å². The van der Waals surface area contributed by atoms with Gasteiger partial charge >= 0.3 is 0 Å². The first kappa shape index (κ1) is 34.0. The molecular weight excluding hydrogens is 552 g/mol. The van der Waals surface area contributed by atoms with Crippen LogP contribution in [-0.2, 0) is 9.84 Å². The van der Waals surface area contributed by atoms with Crippen LogP contribution in [0.15, 0.2) is 21.9 Å². The van der Waals surface area contributed by atoms with E-state index in [9.17, 15) is 18.6 Å². The van der Waals surface area contributed by atoms with E-state index < -0.39 is 56.3 Å². The van der Waals surface area contributed by atoms with Crippen LogP contribution in [0.3, 0.4) is 0 Å². The third-order valence-corrected chi connectivity index (χ3v) is 6.80. The molecule has 41 heavy (non-hydrogen) atoms. The highest BCUT2D eigenvalue weighted by molar-refractivity contribution is 7.92. The van der Waals surface area contributed by atoms with Gasteiger partial charge in [-0.2, -0.15) is 0 Å². The molecule has 0 heterocycles. The van der Waals surface area contributed by atoms with Gasteiger partial charge in [0.1, 0.15) is 11.5 Å². The van der Waals surface area contributed by atoms with Gasteiger partial charge in [0.2, 0.25) is 21.3 Å². The summed E-state index contributed by atoms with van der Waals surface area (Å²) in [6, 6.07) is 2.38. The molecule has 0 bridgehead atoms. The number of ether oxygens (including phenoxy) is 6. The molecule has 2 aromatic rings. The fourth-order valence-corrected chi connectivity index (χ4v) is 5.57. The van der Waals surface area contributed by atoms with E-state index in [2.05, 4.69) is 0 Å². The number of benzene rings is 2. The van der Waals surface area contributed by atoms with E-state index in [4.69, 9.17) is 28.4 Å². The summed E-state index contributed by atoms with van der Waals surface area (Å²) in [5.74, 6) is -1.78. The van der Waals surface area contributed by atoms with Crippen molar-refractivity contribution in [1.82, 2.24) is 0 Å². The van der Waals surface area contributed by atoms with Gasteiger partial charge < -0.3 is 38.6 Å². The lowest BCUT2D eigenvalue weighted by atomic mass is 10.2. The van der Waals surface area contributed by atoms with E-state index in [1.807, 2.05) is 0 Å². The minimum atomic E-state index is -4.68. The van der Waals surface area contributed by atoms with E-state index in [0.717, 1.165) is 0 Å². The number of phenols is 2. The Morgan fingerprint density at radius 1 is 0.463 bits per heavy atom. The van der Waals surface area contributed by atoms with Crippen molar-refractivity contribution in [2.75, 3.05) is 0 Å². The highest BCUT2D eigenvalue weighted by Gasteiger charge is 2.40. The normalized spacial score (nSPS) is 12.1. The number of aromatic hydroxyl groups is 2. The summed E-state index contributed by atoms with van der Waals surface area (Å²) in [5, 5.41) is 21.9.